The molecule has 6 nitrogen and oxygen atoms in total. The van der Waals surface area contributed by atoms with Gasteiger partial charge >= 0.3 is 0 Å². The van der Waals surface area contributed by atoms with Crippen LogP contribution in [0.15, 0.2) is 40.9 Å². The molecule has 0 aliphatic heterocycles. The van der Waals surface area contributed by atoms with E-state index in [1.807, 2.05) is 26.0 Å². The van der Waals surface area contributed by atoms with Crippen molar-refractivity contribution in [1.82, 2.24) is 10.9 Å². The number of rotatable bonds is 7. The first-order valence-electron chi connectivity index (χ1n) is 8.34. The number of hydrogen-bond acceptors (Lipinski definition) is 4. The zero-order chi connectivity index (χ0) is 20.7. The second-order valence-corrected chi connectivity index (χ2v) is 7.84. The average molecular weight is 490 g/mol. The maximum Gasteiger partial charge on any atom is 0.276 e. The van der Waals surface area contributed by atoms with Crippen molar-refractivity contribution in [3.8, 4) is 11.5 Å². The van der Waals surface area contributed by atoms with Gasteiger partial charge in [0, 0.05) is 9.50 Å². The zero-order valence-corrected chi connectivity index (χ0v) is 18.3. The van der Waals surface area contributed by atoms with E-state index in [4.69, 9.17) is 32.7 Å². The van der Waals surface area contributed by atoms with Crippen LogP contribution < -0.4 is 20.3 Å². The monoisotopic (exact) mass is 488 g/mol. The normalized spacial score (nSPS) is 10.5. The molecule has 0 saturated heterocycles. The molecule has 0 spiro atoms. The Morgan fingerprint density at radius 1 is 0.964 bits per heavy atom. The molecule has 0 unspecified atom stereocenters. The average Bonchev–Trinajstić information content (AvgIpc) is 2.64. The molecule has 0 saturated carbocycles. The predicted octanol–water partition coefficient (Wildman–Crippen LogP) is 4.48. The highest BCUT2D eigenvalue weighted by molar-refractivity contribution is 9.10. The van der Waals surface area contributed by atoms with Gasteiger partial charge in [-0.25, -0.2) is 0 Å². The number of hydrogen-bond donors (Lipinski definition) is 2. The van der Waals surface area contributed by atoms with Crippen LogP contribution in [0.2, 0.25) is 10.0 Å². The van der Waals surface area contributed by atoms with E-state index in [9.17, 15) is 9.59 Å². The van der Waals surface area contributed by atoms with Crippen molar-refractivity contribution in [2.75, 3.05) is 13.2 Å². The lowest BCUT2D eigenvalue weighted by molar-refractivity contribution is -0.131. The Balaban J connectivity index is 1.77. The summed E-state index contributed by atoms with van der Waals surface area (Å²) in [7, 11) is 0. The molecule has 0 bridgehead atoms. The standard InChI is InChI=1S/C19H19BrCl2N2O4/c1-11(2)14-7-12(20)3-5-16(14)27-9-18(25)23-24-19(26)10-28-17-6-4-13(21)8-15(17)22/h3-8,11H,9-10H2,1-2H3,(H,23,25)(H,24,26). The summed E-state index contributed by atoms with van der Waals surface area (Å²) < 4.78 is 11.8. The van der Waals surface area contributed by atoms with Crippen LogP contribution in [0.1, 0.15) is 25.3 Å². The summed E-state index contributed by atoms with van der Waals surface area (Å²) in [5.74, 6) is 0.0983. The van der Waals surface area contributed by atoms with Crippen molar-refractivity contribution in [2.24, 2.45) is 0 Å². The minimum Gasteiger partial charge on any atom is -0.483 e. The van der Waals surface area contributed by atoms with Gasteiger partial charge in [-0.15, -0.1) is 0 Å². The second kappa shape index (κ2) is 10.5. The lowest BCUT2D eigenvalue weighted by atomic mass is 10.0. The van der Waals surface area contributed by atoms with Crippen LogP contribution in [-0.2, 0) is 9.59 Å². The van der Waals surface area contributed by atoms with Gasteiger partial charge in [0.15, 0.2) is 13.2 Å². The van der Waals surface area contributed by atoms with Crippen molar-refractivity contribution in [3.63, 3.8) is 0 Å². The molecule has 2 N–H and O–H groups in total. The van der Waals surface area contributed by atoms with Crippen molar-refractivity contribution in [3.05, 3.63) is 56.5 Å². The Morgan fingerprint density at radius 2 is 1.54 bits per heavy atom. The Kier molecular flexibility index (Phi) is 8.41. The van der Waals surface area contributed by atoms with Gasteiger partial charge in [0.25, 0.3) is 11.8 Å². The number of carbonyl (C=O) groups excluding carboxylic acids is 2. The van der Waals surface area contributed by atoms with Crippen molar-refractivity contribution in [2.45, 2.75) is 19.8 Å². The first-order valence-corrected chi connectivity index (χ1v) is 9.89. The molecule has 2 aromatic carbocycles. The third-order valence-electron chi connectivity index (χ3n) is 3.55. The van der Waals surface area contributed by atoms with Crippen molar-refractivity contribution in [1.29, 1.82) is 0 Å². The molecule has 0 aliphatic rings. The smallest absolute Gasteiger partial charge is 0.276 e. The van der Waals surface area contributed by atoms with Gasteiger partial charge in [0.2, 0.25) is 0 Å². The molecule has 0 aliphatic carbocycles. The first-order chi connectivity index (χ1) is 13.3. The highest BCUT2D eigenvalue weighted by Gasteiger charge is 2.12. The molecule has 0 radical (unpaired) electrons. The van der Waals surface area contributed by atoms with E-state index in [0.717, 1.165) is 10.0 Å². The van der Waals surface area contributed by atoms with E-state index in [-0.39, 0.29) is 24.2 Å². The van der Waals surface area contributed by atoms with Crippen LogP contribution in [0.4, 0.5) is 0 Å². The van der Waals surface area contributed by atoms with Crippen LogP contribution >= 0.6 is 39.1 Å². The topological polar surface area (TPSA) is 76.7 Å². The van der Waals surface area contributed by atoms with Gasteiger partial charge < -0.3 is 9.47 Å². The lowest BCUT2D eigenvalue weighted by Crippen LogP contribution is -2.45. The van der Waals surface area contributed by atoms with Gasteiger partial charge in [-0.2, -0.15) is 0 Å². The molecule has 0 atom stereocenters. The van der Waals surface area contributed by atoms with Crippen LogP contribution in [0, 0.1) is 0 Å². The number of hydrazine groups is 1. The Morgan fingerprint density at radius 3 is 2.11 bits per heavy atom. The summed E-state index contributed by atoms with van der Waals surface area (Å²) in [5, 5.41) is 0.744. The van der Waals surface area contributed by atoms with Gasteiger partial charge in [0.05, 0.1) is 5.02 Å². The molecule has 9 heteroatoms. The fourth-order valence-corrected chi connectivity index (χ4v) is 3.03. The number of nitrogens with one attached hydrogen (secondary N) is 2. The maximum absolute atomic E-state index is 11.9. The third kappa shape index (κ3) is 6.89. The van der Waals surface area contributed by atoms with Crippen LogP contribution in [-0.4, -0.2) is 25.0 Å². The van der Waals surface area contributed by atoms with E-state index < -0.39 is 11.8 Å². The second-order valence-electron chi connectivity index (χ2n) is 6.09. The van der Waals surface area contributed by atoms with Crippen molar-refractivity contribution >= 4 is 50.9 Å². The lowest BCUT2D eigenvalue weighted by Gasteiger charge is -2.14. The molecule has 150 valence electrons. The SMILES string of the molecule is CC(C)c1cc(Br)ccc1OCC(=O)NNC(=O)COc1ccc(Cl)cc1Cl. The Hall–Kier alpha value is -1.96. The molecule has 2 aromatic rings. The van der Waals surface area contributed by atoms with Crippen molar-refractivity contribution < 1.29 is 19.1 Å². The van der Waals surface area contributed by atoms with E-state index in [2.05, 4.69) is 26.8 Å². The third-order valence-corrected chi connectivity index (χ3v) is 4.57. The van der Waals surface area contributed by atoms with E-state index >= 15 is 0 Å². The summed E-state index contributed by atoms with van der Waals surface area (Å²) in [6.45, 7) is 3.49. The molecule has 28 heavy (non-hydrogen) atoms. The number of benzene rings is 2. The zero-order valence-electron chi connectivity index (χ0n) is 15.2. The number of amides is 2. The van der Waals surface area contributed by atoms with E-state index in [1.165, 1.54) is 6.07 Å². The fraction of sp³-hybridized carbons (Fsp3) is 0.263. The Labute approximate surface area is 181 Å². The molecule has 2 amide bonds. The summed E-state index contributed by atoms with van der Waals surface area (Å²) in [6.07, 6.45) is 0. The highest BCUT2D eigenvalue weighted by atomic mass is 79.9. The van der Waals surface area contributed by atoms with Gasteiger partial charge in [-0.3, -0.25) is 20.4 Å². The quantitative estimate of drug-likeness (QED) is 0.562. The van der Waals surface area contributed by atoms with Gasteiger partial charge in [-0.05, 0) is 47.9 Å². The molecule has 0 heterocycles. The number of carbonyl (C=O) groups is 2. The minimum absolute atomic E-state index is 0.229. The predicted molar refractivity (Wildman–Crippen MR) is 112 cm³/mol. The summed E-state index contributed by atoms with van der Waals surface area (Å²) in [4.78, 5) is 23.7. The molecule has 0 fully saturated rings. The van der Waals surface area contributed by atoms with E-state index in [0.29, 0.717) is 16.5 Å². The van der Waals surface area contributed by atoms with Crippen LogP contribution in [0.3, 0.4) is 0 Å². The molecule has 2 rings (SSSR count). The summed E-state index contributed by atoms with van der Waals surface area (Å²) in [6, 6.07) is 10.2. The highest BCUT2D eigenvalue weighted by Crippen LogP contribution is 2.29. The van der Waals surface area contributed by atoms with Gasteiger partial charge in [-0.1, -0.05) is 53.0 Å². The summed E-state index contributed by atoms with van der Waals surface area (Å²) in [5.41, 5.74) is 5.48. The van der Waals surface area contributed by atoms with E-state index in [1.54, 1.807) is 18.2 Å². The van der Waals surface area contributed by atoms with Gasteiger partial charge in [0.1, 0.15) is 11.5 Å². The number of ether oxygens (including phenoxy) is 2. The molecular formula is C19H19BrCl2N2O4. The molecule has 0 aromatic heterocycles. The maximum atomic E-state index is 11.9. The fourth-order valence-electron chi connectivity index (χ4n) is 2.19. The van der Waals surface area contributed by atoms with Crippen LogP contribution in [0.5, 0.6) is 11.5 Å². The first kappa shape index (κ1) is 22.3. The largest absolute Gasteiger partial charge is 0.483 e. The summed E-state index contributed by atoms with van der Waals surface area (Å²) >= 11 is 15.2. The molecular weight excluding hydrogens is 471 g/mol. The van der Waals surface area contributed by atoms with Crippen LogP contribution in [0.25, 0.3) is 0 Å². The minimum atomic E-state index is -0.550. The Bertz CT molecular complexity index is 862. The number of halogens is 3.